The number of H-pyrrole nitrogens is 1. The molecule has 2 heterocycles. The van der Waals surface area contributed by atoms with Crippen LogP contribution in [0.5, 0.6) is 0 Å². The van der Waals surface area contributed by atoms with Gasteiger partial charge in [0.05, 0.1) is 10.2 Å². The lowest BCUT2D eigenvalue weighted by molar-refractivity contribution is -0.141. The topological polar surface area (TPSA) is 86.3 Å². The highest BCUT2D eigenvalue weighted by molar-refractivity contribution is 9.10. The maximum Gasteiger partial charge on any atom is 0.326 e. The number of aromatic amines is 1. The van der Waals surface area contributed by atoms with Crippen LogP contribution in [0.1, 0.15) is 67.0 Å². The number of rotatable bonds is 3. The second-order valence-electron chi connectivity index (χ2n) is 6.99. The largest absolute Gasteiger partial charge is 0.480 e. The summed E-state index contributed by atoms with van der Waals surface area (Å²) in [5, 5.41) is 16.7. The number of hydrogen-bond donors (Lipinski definition) is 2. The molecule has 1 saturated heterocycles. The monoisotopic (exact) mass is 381 g/mol. The number of carbonyl (C=O) groups is 2. The van der Waals surface area contributed by atoms with E-state index >= 15 is 0 Å². The molecule has 0 spiro atoms. The van der Waals surface area contributed by atoms with Gasteiger partial charge in [0, 0.05) is 12.0 Å². The summed E-state index contributed by atoms with van der Waals surface area (Å²) in [4.78, 5) is 26.3. The SMILES string of the molecule is O=C(O)C1CC2CCCCC2N1C(=O)c1n[nH]c(C2CC2)c1Br. The van der Waals surface area contributed by atoms with Crippen LogP contribution >= 0.6 is 15.9 Å². The Hall–Kier alpha value is -1.37. The van der Waals surface area contributed by atoms with Gasteiger partial charge in [0.15, 0.2) is 5.69 Å². The highest BCUT2D eigenvalue weighted by Gasteiger charge is 2.48. The number of nitrogens with zero attached hydrogens (tertiary/aromatic N) is 2. The standard InChI is InChI=1S/C16H20BrN3O3/c17-12-13(8-5-6-8)18-19-14(12)15(21)20-10-4-2-1-3-9(10)7-11(20)16(22)23/h8-11H,1-7H2,(H,18,19)(H,22,23). The zero-order valence-corrected chi connectivity index (χ0v) is 14.4. The number of aromatic nitrogens is 2. The van der Waals surface area contributed by atoms with E-state index in [0.717, 1.165) is 44.2 Å². The van der Waals surface area contributed by atoms with E-state index in [4.69, 9.17) is 0 Å². The normalized spacial score (nSPS) is 30.3. The Morgan fingerprint density at radius 2 is 1.96 bits per heavy atom. The van der Waals surface area contributed by atoms with Gasteiger partial charge < -0.3 is 10.0 Å². The molecule has 3 atom stereocenters. The van der Waals surface area contributed by atoms with Crippen LogP contribution in [0.2, 0.25) is 0 Å². The van der Waals surface area contributed by atoms with Crippen molar-refractivity contribution in [1.29, 1.82) is 0 Å². The molecular weight excluding hydrogens is 362 g/mol. The molecule has 3 aliphatic rings. The molecule has 0 bridgehead atoms. The predicted octanol–water partition coefficient (Wildman–Crippen LogP) is 2.91. The summed E-state index contributed by atoms with van der Waals surface area (Å²) in [5.41, 5.74) is 1.31. The molecule has 1 aliphatic heterocycles. The first-order valence-corrected chi connectivity index (χ1v) is 9.16. The summed E-state index contributed by atoms with van der Waals surface area (Å²) < 4.78 is 0.716. The van der Waals surface area contributed by atoms with E-state index in [0.29, 0.717) is 28.4 Å². The highest BCUT2D eigenvalue weighted by atomic mass is 79.9. The van der Waals surface area contributed by atoms with Crippen LogP contribution in [0, 0.1) is 5.92 Å². The van der Waals surface area contributed by atoms with Gasteiger partial charge in [0.25, 0.3) is 5.91 Å². The lowest BCUT2D eigenvalue weighted by Gasteiger charge is -2.32. The fraction of sp³-hybridized carbons (Fsp3) is 0.688. The van der Waals surface area contributed by atoms with Crippen molar-refractivity contribution in [3.05, 3.63) is 15.9 Å². The Bertz CT molecular complexity index is 655. The van der Waals surface area contributed by atoms with Crippen molar-refractivity contribution in [3.8, 4) is 0 Å². The van der Waals surface area contributed by atoms with E-state index in [9.17, 15) is 14.7 Å². The van der Waals surface area contributed by atoms with Gasteiger partial charge in [-0.1, -0.05) is 12.8 Å². The number of aliphatic carboxylic acids is 1. The van der Waals surface area contributed by atoms with Crippen LogP contribution in [0.4, 0.5) is 0 Å². The molecule has 2 aliphatic carbocycles. The van der Waals surface area contributed by atoms with Crippen molar-refractivity contribution < 1.29 is 14.7 Å². The Labute approximate surface area is 142 Å². The Morgan fingerprint density at radius 3 is 2.65 bits per heavy atom. The third-order valence-electron chi connectivity index (χ3n) is 5.53. The van der Waals surface area contributed by atoms with Crippen LogP contribution in [-0.2, 0) is 4.79 Å². The minimum Gasteiger partial charge on any atom is -0.480 e. The molecule has 7 heteroatoms. The van der Waals surface area contributed by atoms with E-state index in [1.54, 1.807) is 4.90 Å². The van der Waals surface area contributed by atoms with Gasteiger partial charge in [0.1, 0.15) is 6.04 Å². The summed E-state index contributed by atoms with van der Waals surface area (Å²) in [6.45, 7) is 0. The molecule has 1 aromatic heterocycles. The van der Waals surface area contributed by atoms with Gasteiger partial charge in [0.2, 0.25) is 0 Å². The van der Waals surface area contributed by atoms with Gasteiger partial charge in [-0.2, -0.15) is 5.10 Å². The average molecular weight is 382 g/mol. The number of carboxylic acids is 1. The van der Waals surface area contributed by atoms with Gasteiger partial charge >= 0.3 is 5.97 Å². The minimum absolute atomic E-state index is 0.0466. The second kappa shape index (κ2) is 5.61. The molecule has 3 fully saturated rings. The minimum atomic E-state index is -0.901. The molecule has 23 heavy (non-hydrogen) atoms. The van der Waals surface area contributed by atoms with Crippen LogP contribution in [-0.4, -0.2) is 44.2 Å². The first kappa shape index (κ1) is 15.2. The highest BCUT2D eigenvalue weighted by Crippen LogP contribution is 2.44. The van der Waals surface area contributed by atoms with Gasteiger partial charge in [-0.3, -0.25) is 9.89 Å². The molecule has 0 radical (unpaired) electrons. The molecule has 2 saturated carbocycles. The summed E-state index contributed by atoms with van der Waals surface area (Å²) >= 11 is 3.50. The first-order chi connectivity index (χ1) is 11.1. The van der Waals surface area contributed by atoms with Crippen LogP contribution in [0.15, 0.2) is 4.47 Å². The number of fused-ring (bicyclic) bond motifs is 1. The van der Waals surface area contributed by atoms with E-state index in [-0.39, 0.29) is 11.9 Å². The molecule has 2 N–H and O–H groups in total. The third kappa shape index (κ3) is 2.49. The van der Waals surface area contributed by atoms with Gasteiger partial charge in [-0.25, -0.2) is 4.79 Å². The van der Waals surface area contributed by atoms with Crippen molar-refractivity contribution >= 4 is 27.8 Å². The van der Waals surface area contributed by atoms with Crippen molar-refractivity contribution in [2.24, 2.45) is 5.92 Å². The molecule has 1 aromatic rings. The van der Waals surface area contributed by atoms with Crippen LogP contribution < -0.4 is 0 Å². The lowest BCUT2D eigenvalue weighted by Crippen LogP contribution is -2.46. The number of amides is 1. The van der Waals surface area contributed by atoms with Crippen molar-refractivity contribution in [2.75, 3.05) is 0 Å². The van der Waals surface area contributed by atoms with Crippen LogP contribution in [0.3, 0.4) is 0 Å². The number of carbonyl (C=O) groups excluding carboxylic acids is 1. The quantitative estimate of drug-likeness (QED) is 0.842. The summed E-state index contributed by atoms with van der Waals surface area (Å²) in [7, 11) is 0. The fourth-order valence-electron chi connectivity index (χ4n) is 4.22. The Balaban J connectivity index is 1.66. The fourth-order valence-corrected chi connectivity index (χ4v) is 4.89. The Morgan fingerprint density at radius 1 is 1.22 bits per heavy atom. The third-order valence-corrected chi connectivity index (χ3v) is 6.33. The molecule has 1 amide bonds. The number of halogens is 1. The average Bonchev–Trinajstić information content (AvgIpc) is 3.18. The zero-order valence-electron chi connectivity index (χ0n) is 12.8. The van der Waals surface area contributed by atoms with E-state index in [1.807, 2.05) is 0 Å². The molecule has 4 rings (SSSR count). The number of hydrogen-bond acceptors (Lipinski definition) is 3. The second-order valence-corrected chi connectivity index (χ2v) is 7.78. The van der Waals surface area contributed by atoms with Gasteiger partial charge in [-0.05, 0) is 54.0 Å². The summed E-state index contributed by atoms with van der Waals surface area (Å²) in [6, 6.07) is -0.672. The molecule has 0 aromatic carbocycles. The molecular formula is C16H20BrN3O3. The lowest BCUT2D eigenvalue weighted by atomic mass is 9.84. The van der Waals surface area contributed by atoms with E-state index < -0.39 is 12.0 Å². The molecule has 3 unspecified atom stereocenters. The van der Waals surface area contributed by atoms with Crippen LogP contribution in [0.25, 0.3) is 0 Å². The maximum absolute atomic E-state index is 13.0. The smallest absolute Gasteiger partial charge is 0.326 e. The van der Waals surface area contributed by atoms with Gasteiger partial charge in [-0.15, -0.1) is 0 Å². The summed E-state index contributed by atoms with van der Waals surface area (Å²) in [6.07, 6.45) is 6.91. The zero-order chi connectivity index (χ0) is 16.1. The number of nitrogens with one attached hydrogen (secondary N) is 1. The Kier molecular flexibility index (Phi) is 3.70. The molecule has 124 valence electrons. The van der Waals surface area contributed by atoms with Crippen molar-refractivity contribution in [1.82, 2.24) is 15.1 Å². The van der Waals surface area contributed by atoms with E-state index in [2.05, 4.69) is 26.1 Å². The summed E-state index contributed by atoms with van der Waals surface area (Å²) in [5.74, 6) is -0.382. The number of likely N-dealkylation sites (tertiary alicyclic amines) is 1. The maximum atomic E-state index is 13.0. The van der Waals surface area contributed by atoms with Crippen molar-refractivity contribution in [2.45, 2.75) is 62.9 Å². The first-order valence-electron chi connectivity index (χ1n) is 8.37. The number of carboxylic acid groups (broad SMARTS) is 1. The predicted molar refractivity (Wildman–Crippen MR) is 86.2 cm³/mol. The molecule has 6 nitrogen and oxygen atoms in total. The van der Waals surface area contributed by atoms with Crippen molar-refractivity contribution in [3.63, 3.8) is 0 Å². The van der Waals surface area contributed by atoms with E-state index in [1.165, 1.54) is 0 Å².